The van der Waals surface area contributed by atoms with Crippen LogP contribution in [0.4, 0.5) is 0 Å². The number of hydrogen-bond acceptors (Lipinski definition) is 4. The molecule has 1 aromatic heterocycles. The number of amides is 1. The minimum absolute atomic E-state index is 0.0130. The van der Waals surface area contributed by atoms with Crippen LogP contribution < -0.4 is 10.1 Å². The van der Waals surface area contributed by atoms with Gasteiger partial charge in [-0.05, 0) is 49.9 Å². The number of ether oxygens (including phenoxy) is 1. The first kappa shape index (κ1) is 15.4. The molecule has 2 atom stereocenters. The molecule has 2 fully saturated rings. The van der Waals surface area contributed by atoms with Crippen molar-refractivity contribution in [2.24, 2.45) is 0 Å². The third kappa shape index (κ3) is 2.73. The number of nitrogens with one attached hydrogen (secondary N) is 1. The van der Waals surface area contributed by atoms with Crippen LogP contribution in [-0.4, -0.2) is 48.1 Å². The number of benzene rings is 1. The zero-order valence-corrected chi connectivity index (χ0v) is 14.2. The van der Waals surface area contributed by atoms with E-state index in [-0.39, 0.29) is 5.91 Å². The molecule has 4 rings (SSSR count). The molecule has 0 saturated carbocycles. The predicted octanol–water partition coefficient (Wildman–Crippen LogP) is 2.60. The van der Waals surface area contributed by atoms with Crippen LogP contribution in [0.2, 0.25) is 0 Å². The second kappa shape index (κ2) is 6.06. The van der Waals surface area contributed by atoms with Crippen LogP contribution in [0.5, 0.6) is 5.75 Å². The topological polar surface area (TPSA) is 54.5 Å². The lowest BCUT2D eigenvalue weighted by molar-refractivity contribution is 0.0676. The van der Waals surface area contributed by atoms with Crippen LogP contribution in [-0.2, 0) is 0 Å². The highest BCUT2D eigenvalue weighted by atomic mass is 16.5. The summed E-state index contributed by atoms with van der Waals surface area (Å²) >= 11 is 0. The summed E-state index contributed by atoms with van der Waals surface area (Å²) in [4.78, 5) is 19.3. The number of hydrogen-bond donors (Lipinski definition) is 1. The minimum atomic E-state index is 0.0130. The van der Waals surface area contributed by atoms with Crippen LogP contribution in [0.1, 0.15) is 36.2 Å². The number of pyridine rings is 1. The Morgan fingerprint density at radius 3 is 2.67 bits per heavy atom. The molecule has 1 amide bonds. The van der Waals surface area contributed by atoms with E-state index in [1.54, 1.807) is 7.11 Å². The molecule has 0 radical (unpaired) electrons. The Hall–Kier alpha value is -2.14. The fourth-order valence-corrected chi connectivity index (χ4v) is 4.04. The molecule has 5 heteroatoms. The van der Waals surface area contributed by atoms with Gasteiger partial charge in [-0.1, -0.05) is 6.07 Å². The molecule has 2 aliphatic heterocycles. The van der Waals surface area contributed by atoms with Gasteiger partial charge in [-0.2, -0.15) is 0 Å². The van der Waals surface area contributed by atoms with Crippen LogP contribution in [0.3, 0.4) is 0 Å². The van der Waals surface area contributed by atoms with Gasteiger partial charge in [0.1, 0.15) is 11.4 Å². The molecule has 24 heavy (non-hydrogen) atoms. The summed E-state index contributed by atoms with van der Waals surface area (Å²) in [6.07, 6.45) is 4.56. The molecule has 2 aromatic rings. The highest BCUT2D eigenvalue weighted by Gasteiger charge is 2.36. The Labute approximate surface area is 142 Å². The largest absolute Gasteiger partial charge is 0.497 e. The summed E-state index contributed by atoms with van der Waals surface area (Å²) in [7, 11) is 3.56. The van der Waals surface area contributed by atoms with Crippen molar-refractivity contribution in [3.63, 3.8) is 0 Å². The molecule has 1 aromatic carbocycles. The van der Waals surface area contributed by atoms with Gasteiger partial charge < -0.3 is 15.0 Å². The lowest BCUT2D eigenvalue weighted by Gasteiger charge is -2.35. The number of carbonyl (C=O) groups excluding carboxylic acids is 1. The Balaban J connectivity index is 1.56. The lowest BCUT2D eigenvalue weighted by atomic mass is 9.98. The maximum Gasteiger partial charge on any atom is 0.272 e. The molecule has 0 aliphatic carbocycles. The van der Waals surface area contributed by atoms with E-state index in [2.05, 4.69) is 10.3 Å². The van der Waals surface area contributed by atoms with Gasteiger partial charge in [-0.15, -0.1) is 0 Å². The van der Waals surface area contributed by atoms with Gasteiger partial charge in [0.05, 0.1) is 12.6 Å². The third-order valence-corrected chi connectivity index (χ3v) is 5.43. The summed E-state index contributed by atoms with van der Waals surface area (Å²) in [6.45, 7) is 0. The minimum Gasteiger partial charge on any atom is -0.497 e. The van der Waals surface area contributed by atoms with Crippen molar-refractivity contribution in [2.45, 2.75) is 43.8 Å². The van der Waals surface area contributed by atoms with Gasteiger partial charge >= 0.3 is 0 Å². The number of fused-ring (bicyclic) bond motifs is 3. The van der Waals surface area contributed by atoms with Crippen molar-refractivity contribution >= 4 is 16.8 Å². The van der Waals surface area contributed by atoms with Gasteiger partial charge in [0, 0.05) is 30.6 Å². The molecular weight excluding hydrogens is 302 g/mol. The fourth-order valence-electron chi connectivity index (χ4n) is 4.04. The van der Waals surface area contributed by atoms with E-state index in [1.807, 2.05) is 42.3 Å². The monoisotopic (exact) mass is 325 g/mol. The van der Waals surface area contributed by atoms with Crippen molar-refractivity contribution in [1.82, 2.24) is 15.2 Å². The fraction of sp³-hybridized carbons (Fsp3) is 0.474. The van der Waals surface area contributed by atoms with Crippen molar-refractivity contribution in [3.05, 3.63) is 36.0 Å². The highest BCUT2D eigenvalue weighted by molar-refractivity contribution is 5.95. The van der Waals surface area contributed by atoms with Crippen molar-refractivity contribution in [2.75, 3.05) is 14.2 Å². The predicted molar refractivity (Wildman–Crippen MR) is 93.4 cm³/mol. The second-order valence-corrected chi connectivity index (χ2v) is 6.93. The maximum absolute atomic E-state index is 12.9. The highest BCUT2D eigenvalue weighted by Crippen LogP contribution is 2.30. The Morgan fingerprint density at radius 2 is 1.96 bits per heavy atom. The SMILES string of the molecule is COc1ccc2nc(C(=O)N(C)C3CC4CCC(C3)N4)ccc2c1. The van der Waals surface area contributed by atoms with E-state index < -0.39 is 0 Å². The molecule has 2 bridgehead atoms. The quantitative estimate of drug-likeness (QED) is 0.942. The molecule has 3 heterocycles. The van der Waals surface area contributed by atoms with Crippen LogP contribution in [0.25, 0.3) is 10.9 Å². The van der Waals surface area contributed by atoms with E-state index in [9.17, 15) is 4.79 Å². The first-order valence-electron chi connectivity index (χ1n) is 8.62. The number of piperidine rings is 1. The van der Waals surface area contributed by atoms with Gasteiger partial charge in [0.15, 0.2) is 0 Å². The van der Waals surface area contributed by atoms with Crippen molar-refractivity contribution < 1.29 is 9.53 Å². The summed E-state index contributed by atoms with van der Waals surface area (Å²) in [5.74, 6) is 0.810. The van der Waals surface area contributed by atoms with Crippen LogP contribution >= 0.6 is 0 Å². The maximum atomic E-state index is 12.9. The molecule has 2 aliphatic rings. The summed E-state index contributed by atoms with van der Waals surface area (Å²) in [6, 6.07) is 10.9. The first-order chi connectivity index (χ1) is 11.6. The van der Waals surface area contributed by atoms with Crippen LogP contribution in [0, 0.1) is 0 Å². The van der Waals surface area contributed by atoms with Gasteiger partial charge in [0.2, 0.25) is 0 Å². The van der Waals surface area contributed by atoms with E-state index in [0.29, 0.717) is 23.8 Å². The zero-order valence-electron chi connectivity index (χ0n) is 14.2. The zero-order chi connectivity index (χ0) is 16.7. The molecule has 0 spiro atoms. The average Bonchev–Trinajstić information content (AvgIpc) is 2.97. The Kier molecular flexibility index (Phi) is 3.88. The standard InChI is InChI=1S/C19H23N3O2/c1-22(15-10-13-4-5-14(11-15)20-13)19(23)18-7-3-12-9-16(24-2)6-8-17(12)21-18/h3,6-9,13-15,20H,4-5,10-11H2,1-2H3. The molecule has 126 valence electrons. The number of rotatable bonds is 3. The molecule has 2 saturated heterocycles. The Bertz CT molecular complexity index is 764. The van der Waals surface area contributed by atoms with E-state index >= 15 is 0 Å². The van der Waals surface area contributed by atoms with E-state index in [4.69, 9.17) is 4.74 Å². The van der Waals surface area contributed by atoms with Crippen molar-refractivity contribution in [3.8, 4) is 5.75 Å². The summed E-state index contributed by atoms with van der Waals surface area (Å²) < 4.78 is 5.23. The number of nitrogens with zero attached hydrogens (tertiary/aromatic N) is 2. The Morgan fingerprint density at radius 1 is 1.21 bits per heavy atom. The normalized spacial score (nSPS) is 25.7. The van der Waals surface area contributed by atoms with E-state index in [1.165, 1.54) is 12.8 Å². The number of methoxy groups -OCH3 is 1. The molecular formula is C19H23N3O2. The van der Waals surface area contributed by atoms with Gasteiger partial charge in [-0.25, -0.2) is 4.98 Å². The van der Waals surface area contributed by atoms with Crippen molar-refractivity contribution in [1.29, 1.82) is 0 Å². The molecule has 1 N–H and O–H groups in total. The van der Waals surface area contributed by atoms with Gasteiger partial charge in [-0.3, -0.25) is 4.79 Å². The third-order valence-electron chi connectivity index (χ3n) is 5.43. The van der Waals surface area contributed by atoms with Gasteiger partial charge in [0.25, 0.3) is 5.91 Å². The molecule has 5 nitrogen and oxygen atoms in total. The van der Waals surface area contributed by atoms with E-state index in [0.717, 1.165) is 29.5 Å². The first-order valence-corrected chi connectivity index (χ1v) is 8.62. The smallest absolute Gasteiger partial charge is 0.272 e. The average molecular weight is 325 g/mol. The number of carbonyl (C=O) groups is 1. The summed E-state index contributed by atoms with van der Waals surface area (Å²) in [5.41, 5.74) is 1.33. The summed E-state index contributed by atoms with van der Waals surface area (Å²) in [5, 5.41) is 4.60. The molecule has 2 unspecified atom stereocenters. The lowest BCUT2D eigenvalue weighted by Crippen LogP contribution is -2.48. The number of aromatic nitrogens is 1. The second-order valence-electron chi connectivity index (χ2n) is 6.93. The van der Waals surface area contributed by atoms with Crippen LogP contribution in [0.15, 0.2) is 30.3 Å².